The van der Waals surface area contributed by atoms with Crippen LogP contribution in [0.2, 0.25) is 0 Å². The summed E-state index contributed by atoms with van der Waals surface area (Å²) in [5, 5.41) is 1.64. The summed E-state index contributed by atoms with van der Waals surface area (Å²) in [7, 11) is 0. The van der Waals surface area contributed by atoms with Crippen LogP contribution in [0.5, 0.6) is 0 Å². The van der Waals surface area contributed by atoms with Crippen molar-refractivity contribution in [1.29, 1.82) is 0 Å². The lowest BCUT2D eigenvalue weighted by molar-refractivity contribution is 1.01. The number of rotatable bonds is 2. The summed E-state index contributed by atoms with van der Waals surface area (Å²) in [4.78, 5) is 3.96. The van der Waals surface area contributed by atoms with Crippen molar-refractivity contribution < 1.29 is 0 Å². The fourth-order valence-corrected chi connectivity index (χ4v) is 0.341. The van der Waals surface area contributed by atoms with Crippen LogP contribution in [0.3, 0.4) is 0 Å². The molecule has 0 aliphatic rings. The van der Waals surface area contributed by atoms with E-state index in [2.05, 4.69) is 17.2 Å². The van der Waals surface area contributed by atoms with Gasteiger partial charge in [-0.15, -0.1) is 0 Å². The Balaban J connectivity index is 3.35. The molecule has 0 heterocycles. The van der Waals surface area contributed by atoms with E-state index in [1.807, 2.05) is 13.8 Å². The van der Waals surface area contributed by atoms with Crippen LogP contribution in [0, 0.1) is 0 Å². The molecule has 0 fully saturated rings. The molecule has 0 bridgehead atoms. The molecule has 0 spiro atoms. The predicted octanol–water partition coefficient (Wildman–Crippen LogP) is 1.47. The summed E-state index contributed by atoms with van der Waals surface area (Å²) in [5.41, 5.74) is 0. The summed E-state index contributed by atoms with van der Waals surface area (Å²) >= 11 is 4.60. The maximum Gasteiger partial charge on any atom is 0.0749 e. The van der Waals surface area contributed by atoms with Crippen LogP contribution in [-0.2, 0) is 0 Å². The van der Waals surface area contributed by atoms with Crippen molar-refractivity contribution in [2.45, 2.75) is 19.9 Å². The van der Waals surface area contributed by atoms with Crippen LogP contribution in [0.25, 0.3) is 0 Å². The van der Waals surface area contributed by atoms with E-state index >= 15 is 0 Å². The molecule has 0 rings (SSSR count). The van der Waals surface area contributed by atoms with Gasteiger partial charge in [-0.25, -0.2) is 0 Å². The predicted molar refractivity (Wildman–Crippen MR) is 37.3 cm³/mol. The SMILES string of the molecule is CC=NC(C)C=S. The van der Waals surface area contributed by atoms with Crippen molar-refractivity contribution in [3.05, 3.63) is 0 Å². The van der Waals surface area contributed by atoms with Gasteiger partial charge < -0.3 is 0 Å². The molecule has 0 aromatic heterocycles. The van der Waals surface area contributed by atoms with E-state index in [1.54, 1.807) is 11.6 Å². The van der Waals surface area contributed by atoms with Crippen LogP contribution in [0.4, 0.5) is 0 Å². The molecule has 0 amide bonds. The summed E-state index contributed by atoms with van der Waals surface area (Å²) in [6.07, 6.45) is 1.76. The molecule has 0 aliphatic heterocycles. The third-order valence-corrected chi connectivity index (χ3v) is 0.975. The molecule has 0 radical (unpaired) electrons. The summed E-state index contributed by atoms with van der Waals surface area (Å²) < 4.78 is 0. The third kappa shape index (κ3) is 3.59. The molecular weight excluding hydrogens is 106 g/mol. The fraction of sp³-hybridized carbons (Fsp3) is 0.600. The minimum atomic E-state index is 0.208. The highest BCUT2D eigenvalue weighted by atomic mass is 32.1. The minimum absolute atomic E-state index is 0.208. The summed E-state index contributed by atoms with van der Waals surface area (Å²) in [6, 6.07) is 0.208. The molecule has 0 saturated carbocycles. The van der Waals surface area contributed by atoms with E-state index in [0.29, 0.717) is 0 Å². The Bertz CT molecular complexity index is 78.1. The number of hydrogen-bond acceptors (Lipinski definition) is 2. The van der Waals surface area contributed by atoms with Gasteiger partial charge in [0.05, 0.1) is 6.04 Å². The monoisotopic (exact) mass is 115 g/mol. The van der Waals surface area contributed by atoms with Gasteiger partial charge in [0.15, 0.2) is 0 Å². The zero-order chi connectivity index (χ0) is 5.70. The van der Waals surface area contributed by atoms with Gasteiger partial charge in [0.2, 0.25) is 0 Å². The largest absolute Gasteiger partial charge is 0.290 e. The second kappa shape index (κ2) is 3.93. The average molecular weight is 115 g/mol. The Hall–Kier alpha value is -0.240. The van der Waals surface area contributed by atoms with Gasteiger partial charge in [-0.2, -0.15) is 0 Å². The first-order valence-corrected chi connectivity index (χ1v) is 2.71. The minimum Gasteiger partial charge on any atom is -0.290 e. The smallest absolute Gasteiger partial charge is 0.0749 e. The Labute approximate surface area is 49.5 Å². The second-order valence-electron chi connectivity index (χ2n) is 1.28. The lowest BCUT2D eigenvalue weighted by Gasteiger charge is -1.89. The maximum absolute atomic E-state index is 4.60. The normalized spacial score (nSPS) is 14.6. The lowest BCUT2D eigenvalue weighted by atomic mass is 10.4. The maximum atomic E-state index is 4.60. The molecule has 1 nitrogen and oxygen atoms in total. The molecule has 0 N–H and O–H groups in total. The highest BCUT2D eigenvalue weighted by Crippen LogP contribution is 1.80. The number of aliphatic imine (C=N–C) groups is 1. The standard InChI is InChI=1S/C5H9NS/c1-3-6-5(2)4-7/h3-5H,1-2H3. The fourth-order valence-electron chi connectivity index (χ4n) is 0.270. The zero-order valence-corrected chi connectivity index (χ0v) is 5.40. The van der Waals surface area contributed by atoms with Crippen LogP contribution in [-0.4, -0.2) is 17.6 Å². The lowest BCUT2D eigenvalue weighted by Crippen LogP contribution is -1.95. The first-order chi connectivity index (χ1) is 3.31. The van der Waals surface area contributed by atoms with Crippen LogP contribution in [0.15, 0.2) is 4.99 Å². The van der Waals surface area contributed by atoms with Gasteiger partial charge in [-0.1, -0.05) is 12.2 Å². The topological polar surface area (TPSA) is 12.4 Å². The molecule has 0 aliphatic carbocycles. The van der Waals surface area contributed by atoms with E-state index < -0.39 is 0 Å². The van der Waals surface area contributed by atoms with Gasteiger partial charge in [0.1, 0.15) is 0 Å². The van der Waals surface area contributed by atoms with E-state index in [0.717, 1.165) is 0 Å². The van der Waals surface area contributed by atoms with Crippen LogP contribution < -0.4 is 0 Å². The second-order valence-corrected chi connectivity index (χ2v) is 1.56. The Morgan fingerprint density at radius 3 is 2.43 bits per heavy atom. The summed E-state index contributed by atoms with van der Waals surface area (Å²) in [6.45, 7) is 3.84. The van der Waals surface area contributed by atoms with Crippen molar-refractivity contribution in [1.82, 2.24) is 0 Å². The Morgan fingerprint density at radius 1 is 1.71 bits per heavy atom. The molecular formula is C5H9NS. The van der Waals surface area contributed by atoms with Gasteiger partial charge in [-0.3, -0.25) is 4.99 Å². The van der Waals surface area contributed by atoms with E-state index in [4.69, 9.17) is 0 Å². The summed E-state index contributed by atoms with van der Waals surface area (Å²) in [5.74, 6) is 0. The first kappa shape index (κ1) is 6.76. The number of thiocarbonyl (C=S) groups is 1. The molecule has 7 heavy (non-hydrogen) atoms. The number of nitrogens with zero attached hydrogens (tertiary/aromatic N) is 1. The van der Waals surface area contributed by atoms with Crippen LogP contribution >= 0.6 is 12.2 Å². The van der Waals surface area contributed by atoms with E-state index in [9.17, 15) is 0 Å². The van der Waals surface area contributed by atoms with Gasteiger partial charge in [-0.05, 0) is 20.1 Å². The molecule has 2 heteroatoms. The van der Waals surface area contributed by atoms with Gasteiger partial charge in [0, 0.05) is 5.37 Å². The first-order valence-electron chi connectivity index (χ1n) is 2.24. The highest BCUT2D eigenvalue weighted by Gasteiger charge is 1.83. The number of hydrogen-bond donors (Lipinski definition) is 0. The van der Waals surface area contributed by atoms with Crippen molar-refractivity contribution in [2.75, 3.05) is 0 Å². The van der Waals surface area contributed by atoms with Crippen LogP contribution in [0.1, 0.15) is 13.8 Å². The van der Waals surface area contributed by atoms with E-state index in [-0.39, 0.29) is 6.04 Å². The molecule has 0 saturated heterocycles. The quantitative estimate of drug-likeness (QED) is 0.392. The van der Waals surface area contributed by atoms with Gasteiger partial charge >= 0.3 is 0 Å². The Morgan fingerprint density at radius 2 is 2.29 bits per heavy atom. The van der Waals surface area contributed by atoms with Crippen molar-refractivity contribution in [3.8, 4) is 0 Å². The van der Waals surface area contributed by atoms with Crippen molar-refractivity contribution in [2.24, 2.45) is 4.99 Å². The van der Waals surface area contributed by atoms with Crippen molar-refractivity contribution >= 4 is 23.8 Å². The third-order valence-electron chi connectivity index (χ3n) is 0.581. The van der Waals surface area contributed by atoms with Gasteiger partial charge in [0.25, 0.3) is 0 Å². The molecule has 0 aromatic carbocycles. The molecule has 1 unspecified atom stereocenters. The highest BCUT2D eigenvalue weighted by molar-refractivity contribution is 7.79. The zero-order valence-electron chi connectivity index (χ0n) is 4.59. The molecule has 0 aromatic rings. The van der Waals surface area contributed by atoms with Crippen molar-refractivity contribution in [3.63, 3.8) is 0 Å². The van der Waals surface area contributed by atoms with E-state index in [1.165, 1.54) is 0 Å². The Kier molecular flexibility index (Phi) is 3.80. The molecule has 40 valence electrons. The average Bonchev–Trinajstić information content (AvgIpc) is 1.68. The molecule has 1 atom stereocenters.